The van der Waals surface area contributed by atoms with Gasteiger partial charge < -0.3 is 20.3 Å². The summed E-state index contributed by atoms with van der Waals surface area (Å²) in [6.07, 6.45) is 1.37. The number of aliphatic carboxylic acids is 1. The third kappa shape index (κ3) is 4.81. The fraction of sp³-hybridized carbons (Fsp3) is 0.556. The summed E-state index contributed by atoms with van der Waals surface area (Å²) in [6, 6.07) is 0.808. The van der Waals surface area contributed by atoms with Crippen molar-refractivity contribution >= 4 is 38.4 Å². The number of nitro groups is 1. The number of carboxylic acid groups (broad SMARTS) is 1. The first-order valence-corrected chi connectivity index (χ1v) is 11.3. The Hall–Kier alpha value is -2.84. The number of imidazole rings is 1. The Kier molecular flexibility index (Phi) is 6.14. The van der Waals surface area contributed by atoms with Crippen LogP contribution in [0, 0.1) is 15.5 Å². The summed E-state index contributed by atoms with van der Waals surface area (Å²) >= 11 is 0. The first kappa shape index (κ1) is 23.8. The lowest BCUT2D eigenvalue weighted by Crippen LogP contribution is -2.49. The number of aromatic amines is 1. The highest BCUT2D eigenvalue weighted by Gasteiger charge is 2.38. The van der Waals surface area contributed by atoms with Gasteiger partial charge in [-0.1, -0.05) is 0 Å². The van der Waals surface area contributed by atoms with E-state index in [4.69, 9.17) is 5.14 Å². The summed E-state index contributed by atoms with van der Waals surface area (Å²) in [7, 11) is -4.28. The van der Waals surface area contributed by atoms with Gasteiger partial charge in [-0.15, -0.1) is 0 Å². The summed E-state index contributed by atoms with van der Waals surface area (Å²) in [6.45, 7) is 3.90. The minimum absolute atomic E-state index is 0.0347. The van der Waals surface area contributed by atoms with E-state index < -0.39 is 42.6 Å². The SMILES string of the molecule is CC(C)(CN1CCC(F)(CNc2c([N+](=O)[O-])cc(S(N)(=O)=O)c3nc[nH]c23)CC1)C(=O)O. The van der Waals surface area contributed by atoms with Crippen molar-refractivity contribution in [2.75, 3.05) is 31.5 Å². The van der Waals surface area contributed by atoms with Gasteiger partial charge >= 0.3 is 5.97 Å². The predicted molar refractivity (Wildman–Crippen MR) is 114 cm³/mol. The van der Waals surface area contributed by atoms with E-state index in [1.807, 2.05) is 4.90 Å². The molecule has 1 aromatic heterocycles. The number of hydrogen-bond donors (Lipinski definition) is 4. The standard InChI is InChI=1S/C18H25FN6O6S/c1-17(2,16(26)27)9-24-5-3-18(19,4-6-24)8-21-13-11(25(28)29)7-12(32(20,30)31)14-15(13)23-10-22-14/h7,10,21H,3-6,8-9H2,1-2H3,(H,22,23)(H,26,27)(H2,20,30,31). The number of carbonyl (C=O) groups is 1. The van der Waals surface area contributed by atoms with E-state index in [9.17, 15) is 28.4 Å². The van der Waals surface area contributed by atoms with Crippen molar-refractivity contribution in [1.82, 2.24) is 14.9 Å². The molecule has 1 aliphatic heterocycles. The van der Waals surface area contributed by atoms with Crippen molar-refractivity contribution in [3.05, 3.63) is 22.5 Å². The van der Waals surface area contributed by atoms with Crippen LogP contribution in [0.2, 0.25) is 0 Å². The molecule has 1 aromatic carbocycles. The molecule has 0 saturated carbocycles. The van der Waals surface area contributed by atoms with Crippen LogP contribution in [0.3, 0.4) is 0 Å². The van der Waals surface area contributed by atoms with Gasteiger partial charge in [-0.25, -0.2) is 22.9 Å². The molecule has 0 atom stereocenters. The molecule has 0 unspecified atom stereocenters. The number of nitrogens with zero attached hydrogens (tertiary/aromatic N) is 3. The number of sulfonamides is 1. The van der Waals surface area contributed by atoms with Gasteiger partial charge in [0.2, 0.25) is 10.0 Å². The second-order valence-electron chi connectivity index (χ2n) is 8.67. The Morgan fingerprint density at radius 3 is 2.62 bits per heavy atom. The van der Waals surface area contributed by atoms with E-state index in [0.29, 0.717) is 13.1 Å². The summed E-state index contributed by atoms with van der Waals surface area (Å²) in [5, 5.41) is 28.8. The Bertz CT molecular complexity index is 1160. The third-order valence-electron chi connectivity index (χ3n) is 5.68. The molecule has 12 nitrogen and oxygen atoms in total. The van der Waals surface area contributed by atoms with Crippen molar-refractivity contribution in [3.63, 3.8) is 0 Å². The average molecular weight is 472 g/mol. The smallest absolute Gasteiger partial charge is 0.310 e. The number of piperidine rings is 1. The molecule has 2 aromatic rings. The molecular formula is C18H25FN6O6S. The van der Waals surface area contributed by atoms with Gasteiger partial charge in [0.25, 0.3) is 5.69 Å². The highest BCUT2D eigenvalue weighted by atomic mass is 32.2. The first-order valence-electron chi connectivity index (χ1n) is 9.79. The Labute approximate surface area is 183 Å². The van der Waals surface area contributed by atoms with Crippen LogP contribution < -0.4 is 10.5 Å². The van der Waals surface area contributed by atoms with Crippen LogP contribution in [-0.4, -0.2) is 71.1 Å². The maximum atomic E-state index is 15.4. The van der Waals surface area contributed by atoms with Crippen molar-refractivity contribution in [3.8, 4) is 0 Å². The topological polar surface area (TPSA) is 185 Å². The van der Waals surface area contributed by atoms with Gasteiger partial charge in [0, 0.05) is 32.2 Å². The number of anilines is 1. The number of hydrogen-bond acceptors (Lipinski definition) is 8. The largest absolute Gasteiger partial charge is 0.481 e. The zero-order valence-corrected chi connectivity index (χ0v) is 18.4. The van der Waals surface area contributed by atoms with Crippen LogP contribution in [-0.2, 0) is 14.8 Å². The fourth-order valence-electron chi connectivity index (χ4n) is 3.77. The molecule has 176 valence electrons. The van der Waals surface area contributed by atoms with Gasteiger partial charge in [-0.05, 0) is 26.7 Å². The monoisotopic (exact) mass is 472 g/mol. The normalized spacial score (nSPS) is 17.4. The van der Waals surface area contributed by atoms with E-state index >= 15 is 4.39 Å². The maximum absolute atomic E-state index is 15.4. The summed E-state index contributed by atoms with van der Waals surface area (Å²) in [5.74, 6) is -0.935. The molecule has 14 heteroatoms. The molecule has 2 heterocycles. The van der Waals surface area contributed by atoms with E-state index in [-0.39, 0.29) is 42.7 Å². The number of fused-ring (bicyclic) bond motifs is 1. The second kappa shape index (κ2) is 8.26. The predicted octanol–water partition coefficient (Wildman–Crippen LogP) is 1.45. The number of carboxylic acids is 1. The lowest BCUT2D eigenvalue weighted by molar-refractivity contribution is -0.384. The van der Waals surface area contributed by atoms with Crippen LogP contribution >= 0.6 is 0 Å². The van der Waals surface area contributed by atoms with E-state index in [1.165, 1.54) is 6.33 Å². The van der Waals surface area contributed by atoms with Crippen molar-refractivity contribution in [1.29, 1.82) is 0 Å². The number of benzene rings is 1. The van der Waals surface area contributed by atoms with Gasteiger partial charge in [0.05, 0.1) is 22.2 Å². The van der Waals surface area contributed by atoms with Gasteiger partial charge in [-0.3, -0.25) is 14.9 Å². The molecule has 0 aliphatic carbocycles. The quantitative estimate of drug-likeness (QED) is 0.326. The molecule has 3 rings (SSSR count). The maximum Gasteiger partial charge on any atom is 0.310 e. The number of H-pyrrole nitrogens is 1. The van der Waals surface area contributed by atoms with Crippen LogP contribution in [0.4, 0.5) is 15.8 Å². The van der Waals surface area contributed by atoms with E-state index in [1.54, 1.807) is 13.8 Å². The number of nitro benzene ring substituents is 1. The van der Waals surface area contributed by atoms with Gasteiger partial charge in [0.1, 0.15) is 21.8 Å². The van der Waals surface area contributed by atoms with Crippen LogP contribution in [0.15, 0.2) is 17.3 Å². The summed E-state index contributed by atoms with van der Waals surface area (Å²) in [5.41, 5.74) is -3.36. The summed E-state index contributed by atoms with van der Waals surface area (Å²) in [4.78, 5) is 30.0. The Morgan fingerprint density at radius 1 is 1.47 bits per heavy atom. The molecular weight excluding hydrogens is 447 g/mol. The Balaban J connectivity index is 1.80. The number of primary sulfonamides is 1. The molecule has 0 bridgehead atoms. The number of nitrogens with one attached hydrogen (secondary N) is 2. The van der Waals surface area contributed by atoms with Crippen LogP contribution in [0.1, 0.15) is 26.7 Å². The van der Waals surface area contributed by atoms with Crippen LogP contribution in [0.5, 0.6) is 0 Å². The minimum atomic E-state index is -4.28. The lowest BCUT2D eigenvalue weighted by Gasteiger charge is -2.39. The zero-order chi connectivity index (χ0) is 23.9. The van der Waals surface area contributed by atoms with E-state index in [0.717, 1.165) is 6.07 Å². The number of likely N-dealkylation sites (tertiary alicyclic amines) is 1. The molecule has 5 N–H and O–H groups in total. The molecule has 1 fully saturated rings. The number of halogens is 1. The second-order valence-corrected chi connectivity index (χ2v) is 10.2. The van der Waals surface area contributed by atoms with Gasteiger partial charge in [-0.2, -0.15) is 0 Å². The highest BCUT2D eigenvalue weighted by Crippen LogP contribution is 2.37. The number of nitrogens with two attached hydrogens (primary N) is 1. The molecule has 1 aliphatic rings. The first-order chi connectivity index (χ1) is 14.7. The lowest BCUT2D eigenvalue weighted by atomic mass is 9.89. The van der Waals surface area contributed by atoms with Crippen LogP contribution in [0.25, 0.3) is 11.0 Å². The molecule has 0 amide bonds. The third-order valence-corrected chi connectivity index (χ3v) is 6.61. The number of aromatic nitrogens is 2. The number of alkyl halides is 1. The molecule has 1 saturated heterocycles. The molecule has 0 radical (unpaired) electrons. The zero-order valence-electron chi connectivity index (χ0n) is 17.6. The molecule has 32 heavy (non-hydrogen) atoms. The minimum Gasteiger partial charge on any atom is -0.481 e. The van der Waals surface area contributed by atoms with Crippen molar-refractivity contribution < 1.29 is 27.6 Å². The fourth-order valence-corrected chi connectivity index (χ4v) is 4.47. The Morgan fingerprint density at radius 2 is 2.09 bits per heavy atom. The summed E-state index contributed by atoms with van der Waals surface area (Å²) < 4.78 is 39.1. The van der Waals surface area contributed by atoms with Crippen molar-refractivity contribution in [2.24, 2.45) is 10.6 Å². The highest BCUT2D eigenvalue weighted by molar-refractivity contribution is 7.89. The van der Waals surface area contributed by atoms with Gasteiger partial charge in [0.15, 0.2) is 0 Å². The van der Waals surface area contributed by atoms with Crippen molar-refractivity contribution in [2.45, 2.75) is 37.3 Å². The molecule has 0 spiro atoms. The number of rotatable bonds is 8. The average Bonchev–Trinajstić information content (AvgIpc) is 3.16. The van der Waals surface area contributed by atoms with E-state index in [2.05, 4.69) is 15.3 Å².